The first kappa shape index (κ1) is 31.2. The van der Waals surface area contributed by atoms with Crippen LogP contribution in [0.15, 0.2) is 0 Å². The minimum absolute atomic E-state index is 0.0221. The van der Waals surface area contributed by atoms with Gasteiger partial charge >= 0.3 is 17.9 Å². The molecule has 0 saturated heterocycles. The Labute approximate surface area is 199 Å². The number of rotatable bonds is 18. The molecule has 16 nitrogen and oxygen atoms in total. The fraction of sp³-hybridized carbons (Fsp3) is 0.632. The van der Waals surface area contributed by atoms with Crippen molar-refractivity contribution in [1.29, 1.82) is 0 Å². The number of amides is 4. The highest BCUT2D eigenvalue weighted by molar-refractivity contribution is 5.96. The highest BCUT2D eigenvalue weighted by Crippen LogP contribution is 2.05. The van der Waals surface area contributed by atoms with E-state index in [-0.39, 0.29) is 6.42 Å². The van der Waals surface area contributed by atoms with Crippen LogP contribution in [0.3, 0.4) is 0 Å². The Bertz CT molecular complexity index is 805. The van der Waals surface area contributed by atoms with E-state index in [1.54, 1.807) is 0 Å². The van der Waals surface area contributed by atoms with Gasteiger partial charge in [-0.25, -0.2) is 4.79 Å². The second-order valence-electron chi connectivity index (χ2n) is 7.61. The second kappa shape index (κ2) is 15.9. The molecule has 0 rings (SSSR count). The van der Waals surface area contributed by atoms with Crippen molar-refractivity contribution in [3.8, 4) is 0 Å². The van der Waals surface area contributed by atoms with Crippen LogP contribution in [0.4, 0.5) is 0 Å². The van der Waals surface area contributed by atoms with Crippen molar-refractivity contribution in [3.05, 3.63) is 0 Å². The first-order valence-electron chi connectivity index (χ1n) is 10.6. The Balaban J connectivity index is 5.55. The minimum Gasteiger partial charge on any atom is -0.481 e. The van der Waals surface area contributed by atoms with E-state index >= 15 is 0 Å². The molecule has 0 aromatic heterocycles. The van der Waals surface area contributed by atoms with E-state index in [9.17, 15) is 38.7 Å². The van der Waals surface area contributed by atoms with Crippen LogP contribution in [0.5, 0.6) is 0 Å². The van der Waals surface area contributed by atoms with Gasteiger partial charge in [0.1, 0.15) is 18.1 Å². The van der Waals surface area contributed by atoms with Crippen LogP contribution in [0, 0.1) is 0 Å². The van der Waals surface area contributed by atoms with Gasteiger partial charge in [-0.3, -0.25) is 28.8 Å². The fourth-order valence-electron chi connectivity index (χ4n) is 2.80. The lowest BCUT2D eigenvalue weighted by Gasteiger charge is -2.24. The smallest absolute Gasteiger partial charge is 0.326 e. The summed E-state index contributed by atoms with van der Waals surface area (Å²) in [6.07, 6.45) is -1.67. The summed E-state index contributed by atoms with van der Waals surface area (Å²) in [5.41, 5.74) is 15.9. The van der Waals surface area contributed by atoms with E-state index in [4.69, 9.17) is 27.4 Å². The number of hydrogen-bond acceptors (Lipinski definition) is 9. The molecule has 0 aliphatic carbocycles. The van der Waals surface area contributed by atoms with E-state index in [0.29, 0.717) is 19.4 Å². The summed E-state index contributed by atoms with van der Waals surface area (Å²) in [4.78, 5) is 82.0. The van der Waals surface area contributed by atoms with E-state index in [2.05, 4.69) is 16.0 Å². The SMILES string of the molecule is NCCCCC(NC(=O)C(CC(N)=O)NC(=O)C(CCC(=O)O)NC(=O)C(N)CC(=O)O)C(=O)O. The van der Waals surface area contributed by atoms with Crippen molar-refractivity contribution < 1.29 is 48.9 Å². The molecule has 0 heterocycles. The zero-order valence-electron chi connectivity index (χ0n) is 18.9. The quantitative estimate of drug-likeness (QED) is 0.0812. The van der Waals surface area contributed by atoms with Crippen molar-refractivity contribution in [2.45, 2.75) is 69.1 Å². The summed E-state index contributed by atoms with van der Waals surface area (Å²) in [7, 11) is 0. The van der Waals surface area contributed by atoms with Crippen molar-refractivity contribution in [1.82, 2.24) is 16.0 Å². The zero-order valence-corrected chi connectivity index (χ0v) is 18.9. The summed E-state index contributed by atoms with van der Waals surface area (Å²) in [5.74, 6) is -8.31. The van der Waals surface area contributed by atoms with Crippen LogP contribution in [0.2, 0.25) is 0 Å². The largest absolute Gasteiger partial charge is 0.481 e. The van der Waals surface area contributed by atoms with Gasteiger partial charge in [0.2, 0.25) is 23.6 Å². The molecule has 0 aromatic carbocycles. The van der Waals surface area contributed by atoms with Gasteiger partial charge in [0.05, 0.1) is 18.9 Å². The molecule has 4 unspecified atom stereocenters. The number of carboxylic acids is 3. The number of unbranched alkanes of at least 4 members (excludes halogenated alkanes) is 1. The molecule has 12 N–H and O–H groups in total. The van der Waals surface area contributed by atoms with E-state index in [1.165, 1.54) is 0 Å². The number of aliphatic carboxylic acids is 3. The van der Waals surface area contributed by atoms with Gasteiger partial charge in [-0.15, -0.1) is 0 Å². The predicted octanol–water partition coefficient (Wildman–Crippen LogP) is -3.80. The Morgan fingerprint density at radius 2 is 1.23 bits per heavy atom. The predicted molar refractivity (Wildman–Crippen MR) is 117 cm³/mol. The highest BCUT2D eigenvalue weighted by atomic mass is 16.4. The maximum absolute atomic E-state index is 12.7. The first-order valence-corrected chi connectivity index (χ1v) is 10.6. The number of carboxylic acid groups (broad SMARTS) is 3. The number of primary amides is 1. The van der Waals surface area contributed by atoms with Gasteiger partial charge in [-0.2, -0.15) is 0 Å². The molecule has 0 spiro atoms. The molecule has 0 saturated carbocycles. The Hall–Kier alpha value is -3.79. The topological polar surface area (TPSA) is 294 Å². The average Bonchev–Trinajstić information content (AvgIpc) is 2.73. The van der Waals surface area contributed by atoms with Crippen LogP contribution in [0.1, 0.15) is 44.9 Å². The maximum atomic E-state index is 12.7. The number of nitrogens with one attached hydrogen (secondary N) is 3. The summed E-state index contributed by atoms with van der Waals surface area (Å²) < 4.78 is 0. The van der Waals surface area contributed by atoms with Crippen LogP contribution in [0.25, 0.3) is 0 Å². The maximum Gasteiger partial charge on any atom is 0.326 e. The third-order valence-corrected chi connectivity index (χ3v) is 4.61. The summed E-state index contributed by atoms with van der Waals surface area (Å²) in [6, 6.07) is -6.12. The van der Waals surface area contributed by atoms with Gasteiger partial charge in [0.25, 0.3) is 0 Å². The molecule has 35 heavy (non-hydrogen) atoms. The molecular weight excluding hydrogens is 472 g/mol. The van der Waals surface area contributed by atoms with E-state index < -0.39 is 91.4 Å². The van der Waals surface area contributed by atoms with E-state index in [0.717, 1.165) is 0 Å². The van der Waals surface area contributed by atoms with Crippen molar-refractivity contribution in [3.63, 3.8) is 0 Å². The molecule has 0 aromatic rings. The van der Waals surface area contributed by atoms with Gasteiger partial charge < -0.3 is 48.5 Å². The number of carbonyl (C=O) groups excluding carboxylic acids is 4. The Morgan fingerprint density at radius 1 is 0.686 bits per heavy atom. The molecule has 0 radical (unpaired) electrons. The van der Waals surface area contributed by atoms with E-state index in [1.807, 2.05) is 0 Å². The van der Waals surface area contributed by atoms with Crippen molar-refractivity contribution >= 4 is 41.5 Å². The number of nitrogens with two attached hydrogens (primary N) is 3. The van der Waals surface area contributed by atoms with Gasteiger partial charge in [-0.05, 0) is 32.2 Å². The normalized spacial score (nSPS) is 14.0. The van der Waals surface area contributed by atoms with Gasteiger partial charge in [0, 0.05) is 6.42 Å². The highest BCUT2D eigenvalue weighted by Gasteiger charge is 2.31. The lowest BCUT2D eigenvalue weighted by atomic mass is 10.1. The average molecular weight is 504 g/mol. The molecule has 4 atom stereocenters. The molecule has 0 aliphatic heterocycles. The van der Waals surface area contributed by atoms with Crippen molar-refractivity contribution in [2.24, 2.45) is 17.2 Å². The number of hydrogen-bond donors (Lipinski definition) is 9. The molecular formula is C19H32N6O10. The number of carbonyl (C=O) groups is 7. The Kier molecular flexibility index (Phi) is 14.2. The summed E-state index contributed by atoms with van der Waals surface area (Å²) in [5, 5.41) is 33.4. The third kappa shape index (κ3) is 13.5. The monoisotopic (exact) mass is 504 g/mol. The zero-order chi connectivity index (χ0) is 27.1. The van der Waals surface area contributed by atoms with Gasteiger partial charge in [0.15, 0.2) is 0 Å². The molecule has 4 amide bonds. The van der Waals surface area contributed by atoms with Crippen LogP contribution in [-0.4, -0.2) is 87.6 Å². The summed E-state index contributed by atoms with van der Waals surface area (Å²) in [6.45, 7) is 0.306. The molecule has 0 aliphatic rings. The lowest BCUT2D eigenvalue weighted by molar-refractivity contribution is -0.142. The first-order chi connectivity index (χ1) is 16.3. The van der Waals surface area contributed by atoms with Crippen LogP contribution < -0.4 is 33.2 Å². The molecule has 198 valence electrons. The fourth-order valence-corrected chi connectivity index (χ4v) is 2.80. The Morgan fingerprint density at radius 3 is 1.71 bits per heavy atom. The van der Waals surface area contributed by atoms with Gasteiger partial charge in [-0.1, -0.05) is 0 Å². The second-order valence-corrected chi connectivity index (χ2v) is 7.61. The standard InChI is InChI=1S/C19H32N6O10/c20-6-2-1-3-11(19(34)35)24-18(33)12(8-13(22)26)25-17(32)10(4-5-14(27)28)23-16(31)9(21)7-15(29)30/h9-12H,1-8,20-21H2,(H2,22,26)(H,23,31)(H,24,33)(H,25,32)(H,27,28)(H,29,30)(H,34,35). The van der Waals surface area contributed by atoms with Crippen molar-refractivity contribution in [2.75, 3.05) is 6.54 Å². The molecule has 0 bridgehead atoms. The summed E-state index contributed by atoms with van der Waals surface area (Å²) >= 11 is 0. The molecule has 0 fully saturated rings. The van der Waals surface area contributed by atoms with Crippen LogP contribution >= 0.6 is 0 Å². The third-order valence-electron chi connectivity index (χ3n) is 4.61. The lowest BCUT2D eigenvalue weighted by Crippen LogP contribution is -2.57. The minimum atomic E-state index is -1.65. The van der Waals surface area contributed by atoms with Crippen LogP contribution in [-0.2, 0) is 33.6 Å². The molecule has 16 heteroatoms.